The molecule has 0 radical (unpaired) electrons. The zero-order valence-corrected chi connectivity index (χ0v) is 15.0. The van der Waals surface area contributed by atoms with E-state index in [-0.39, 0.29) is 0 Å². The Morgan fingerprint density at radius 3 is 2.76 bits per heavy atom. The minimum absolute atomic E-state index is 0.492. The lowest BCUT2D eigenvalue weighted by molar-refractivity contribution is 0.576. The van der Waals surface area contributed by atoms with E-state index in [2.05, 4.69) is 69.6 Å². The lowest BCUT2D eigenvalue weighted by atomic mass is 10.1. The fraction of sp³-hybridized carbons (Fsp3) is 0.706. The number of rotatable bonds is 4. The van der Waals surface area contributed by atoms with E-state index in [4.69, 9.17) is 4.98 Å². The number of nitrogens with one attached hydrogen (secondary N) is 1. The van der Waals surface area contributed by atoms with Crippen molar-refractivity contribution in [1.29, 1.82) is 0 Å². The summed E-state index contributed by atoms with van der Waals surface area (Å²) in [4.78, 5) is 7.41. The van der Waals surface area contributed by atoms with Gasteiger partial charge < -0.3 is 10.2 Å². The molecule has 0 amide bonds. The first-order valence-electron chi connectivity index (χ1n) is 7.99. The molecule has 1 aliphatic rings. The Hall–Kier alpha value is -0.740. The quantitative estimate of drug-likeness (QED) is 0.921. The van der Waals surface area contributed by atoms with E-state index in [1.807, 2.05) is 0 Å². The van der Waals surface area contributed by atoms with Gasteiger partial charge in [-0.15, -0.1) is 0 Å². The molecular weight excluding hydrogens is 278 g/mol. The van der Waals surface area contributed by atoms with Gasteiger partial charge in [-0.05, 0) is 32.4 Å². The number of thioether (sulfide) groups is 1. The van der Waals surface area contributed by atoms with Crippen LogP contribution in [0.1, 0.15) is 44.5 Å². The molecule has 1 aliphatic heterocycles. The highest BCUT2D eigenvalue weighted by Crippen LogP contribution is 2.31. The van der Waals surface area contributed by atoms with Crippen LogP contribution in [0.4, 0.5) is 5.82 Å². The third-order valence-corrected chi connectivity index (χ3v) is 5.63. The van der Waals surface area contributed by atoms with Crippen molar-refractivity contribution in [1.82, 2.24) is 10.3 Å². The van der Waals surface area contributed by atoms with Crippen molar-refractivity contribution in [2.24, 2.45) is 0 Å². The Labute approximate surface area is 133 Å². The Morgan fingerprint density at radius 2 is 2.10 bits per heavy atom. The van der Waals surface area contributed by atoms with Crippen LogP contribution in [0.5, 0.6) is 0 Å². The topological polar surface area (TPSA) is 28.2 Å². The first kappa shape index (κ1) is 16.6. The highest BCUT2D eigenvalue weighted by Gasteiger charge is 2.28. The number of aryl methyl sites for hydroxylation is 2. The average Bonchev–Trinajstić information content (AvgIpc) is 2.40. The van der Waals surface area contributed by atoms with Crippen LogP contribution in [0.15, 0.2) is 6.07 Å². The second-order valence-electron chi connectivity index (χ2n) is 6.43. The lowest BCUT2D eigenvalue weighted by Gasteiger charge is -2.39. The van der Waals surface area contributed by atoms with Crippen LogP contribution in [-0.2, 0) is 6.54 Å². The number of hydrogen-bond donors (Lipinski definition) is 1. The maximum absolute atomic E-state index is 4.90. The van der Waals surface area contributed by atoms with E-state index in [0.29, 0.717) is 17.3 Å². The first-order chi connectivity index (χ1) is 9.90. The molecule has 118 valence electrons. The molecule has 2 unspecified atom stereocenters. The zero-order chi connectivity index (χ0) is 15.6. The summed E-state index contributed by atoms with van der Waals surface area (Å²) in [5.41, 5.74) is 3.83. The van der Waals surface area contributed by atoms with Gasteiger partial charge in [0.1, 0.15) is 5.82 Å². The van der Waals surface area contributed by atoms with Crippen LogP contribution in [0.2, 0.25) is 0 Å². The maximum Gasteiger partial charge on any atom is 0.133 e. The molecule has 4 heteroatoms. The summed E-state index contributed by atoms with van der Waals surface area (Å²) in [5, 5.41) is 4.22. The van der Waals surface area contributed by atoms with E-state index >= 15 is 0 Å². The molecule has 1 saturated heterocycles. The van der Waals surface area contributed by atoms with Gasteiger partial charge in [-0.1, -0.05) is 20.8 Å². The van der Waals surface area contributed by atoms with E-state index in [1.165, 1.54) is 22.7 Å². The summed E-state index contributed by atoms with van der Waals surface area (Å²) in [6.45, 7) is 15.4. The third-order valence-electron chi connectivity index (χ3n) is 4.30. The molecule has 0 spiro atoms. The third kappa shape index (κ3) is 3.92. The number of nitrogens with zero attached hydrogens (tertiary/aromatic N) is 2. The molecular formula is C17H29N3S. The molecule has 1 aromatic heterocycles. The predicted molar refractivity (Wildman–Crippen MR) is 94.4 cm³/mol. The molecule has 0 bridgehead atoms. The Kier molecular flexibility index (Phi) is 5.55. The van der Waals surface area contributed by atoms with E-state index in [1.54, 1.807) is 0 Å². The standard InChI is InChI=1S/C17H29N3S/c1-11(2)18-10-16-12(3)9-13(4)19-17(16)20-7-8-21-15(6)14(20)5/h9,11,14-15,18H,7-8,10H2,1-6H3. The van der Waals surface area contributed by atoms with Gasteiger partial charge in [0, 0.05) is 47.4 Å². The van der Waals surface area contributed by atoms with Gasteiger partial charge in [-0.3, -0.25) is 0 Å². The molecule has 0 saturated carbocycles. The summed E-state index contributed by atoms with van der Waals surface area (Å²) < 4.78 is 0. The second kappa shape index (κ2) is 7.01. The molecule has 0 aliphatic carbocycles. The van der Waals surface area contributed by atoms with Crippen LogP contribution in [-0.4, -0.2) is 34.6 Å². The molecule has 0 aromatic carbocycles. The van der Waals surface area contributed by atoms with Crippen molar-refractivity contribution in [3.63, 3.8) is 0 Å². The Bertz CT molecular complexity index is 487. The number of anilines is 1. The van der Waals surface area contributed by atoms with Gasteiger partial charge >= 0.3 is 0 Å². The van der Waals surface area contributed by atoms with Crippen LogP contribution in [0.25, 0.3) is 0 Å². The molecule has 1 N–H and O–H groups in total. The van der Waals surface area contributed by atoms with Crippen molar-refractivity contribution in [2.75, 3.05) is 17.2 Å². The number of aromatic nitrogens is 1. The van der Waals surface area contributed by atoms with E-state index in [9.17, 15) is 0 Å². The van der Waals surface area contributed by atoms with Gasteiger partial charge in [0.15, 0.2) is 0 Å². The first-order valence-corrected chi connectivity index (χ1v) is 9.03. The van der Waals surface area contributed by atoms with Crippen LogP contribution in [0, 0.1) is 13.8 Å². The fourth-order valence-electron chi connectivity index (χ4n) is 2.84. The highest BCUT2D eigenvalue weighted by molar-refractivity contribution is 8.00. The summed E-state index contributed by atoms with van der Waals surface area (Å²) >= 11 is 2.07. The van der Waals surface area contributed by atoms with E-state index in [0.717, 1.165) is 18.8 Å². The summed E-state index contributed by atoms with van der Waals surface area (Å²) in [6, 6.07) is 3.23. The van der Waals surface area contributed by atoms with Gasteiger partial charge in [-0.2, -0.15) is 11.8 Å². The van der Waals surface area contributed by atoms with Gasteiger partial charge in [0.05, 0.1) is 0 Å². The van der Waals surface area contributed by atoms with Crippen molar-refractivity contribution in [3.05, 3.63) is 22.9 Å². The average molecular weight is 308 g/mol. The monoisotopic (exact) mass is 307 g/mol. The van der Waals surface area contributed by atoms with E-state index < -0.39 is 0 Å². The van der Waals surface area contributed by atoms with Gasteiger partial charge in [0.2, 0.25) is 0 Å². The van der Waals surface area contributed by atoms with Crippen LogP contribution < -0.4 is 10.2 Å². The lowest BCUT2D eigenvalue weighted by Crippen LogP contribution is -2.46. The van der Waals surface area contributed by atoms with Crippen molar-refractivity contribution >= 4 is 17.6 Å². The Morgan fingerprint density at radius 1 is 1.38 bits per heavy atom. The fourth-order valence-corrected chi connectivity index (χ4v) is 3.94. The largest absolute Gasteiger partial charge is 0.352 e. The zero-order valence-electron chi connectivity index (χ0n) is 14.2. The maximum atomic E-state index is 4.90. The molecule has 2 rings (SSSR count). The minimum atomic E-state index is 0.492. The molecule has 21 heavy (non-hydrogen) atoms. The molecule has 1 fully saturated rings. The van der Waals surface area contributed by atoms with Crippen molar-refractivity contribution in [2.45, 2.75) is 65.4 Å². The predicted octanol–water partition coefficient (Wildman–Crippen LogP) is 3.53. The number of hydrogen-bond acceptors (Lipinski definition) is 4. The summed E-state index contributed by atoms with van der Waals surface area (Å²) in [7, 11) is 0. The molecule has 3 nitrogen and oxygen atoms in total. The Balaban J connectivity index is 2.36. The minimum Gasteiger partial charge on any atom is -0.352 e. The highest BCUT2D eigenvalue weighted by atomic mass is 32.2. The van der Waals surface area contributed by atoms with Crippen molar-refractivity contribution < 1.29 is 0 Å². The molecule has 2 heterocycles. The second-order valence-corrected chi connectivity index (χ2v) is 7.91. The summed E-state index contributed by atoms with van der Waals surface area (Å²) in [5.74, 6) is 2.39. The summed E-state index contributed by atoms with van der Waals surface area (Å²) in [6.07, 6.45) is 0. The number of pyridine rings is 1. The van der Waals surface area contributed by atoms with Gasteiger partial charge in [0.25, 0.3) is 0 Å². The SMILES string of the molecule is Cc1cc(C)c(CNC(C)C)c(N2CCSC(C)C2C)n1. The normalized spacial score (nSPS) is 22.9. The molecule has 2 atom stereocenters. The smallest absolute Gasteiger partial charge is 0.133 e. The van der Waals surface area contributed by atoms with Crippen molar-refractivity contribution in [3.8, 4) is 0 Å². The van der Waals surface area contributed by atoms with Crippen LogP contribution >= 0.6 is 11.8 Å². The van der Waals surface area contributed by atoms with Crippen LogP contribution in [0.3, 0.4) is 0 Å². The van der Waals surface area contributed by atoms with Gasteiger partial charge in [-0.25, -0.2) is 4.98 Å². The molecule has 1 aromatic rings.